The first kappa shape index (κ1) is 12.3. The van der Waals surface area contributed by atoms with Gasteiger partial charge in [-0.2, -0.15) is 0 Å². The predicted molar refractivity (Wildman–Crippen MR) is 76.9 cm³/mol. The lowest BCUT2D eigenvalue weighted by molar-refractivity contribution is 0.412. The molecule has 0 atom stereocenters. The molecule has 3 nitrogen and oxygen atoms in total. The van der Waals surface area contributed by atoms with E-state index in [0.29, 0.717) is 22.4 Å². The Hall–Kier alpha value is -1.74. The van der Waals surface area contributed by atoms with E-state index >= 15 is 0 Å². The standard InChI is InChI=1S/C15H14ClNO2/c1-15(2,3)14-17-11-10(16)12(18)8-6-4-5-7-9(8)13(11)19-14/h4-7,18H,1-3H3. The normalized spacial score (nSPS) is 12.4. The summed E-state index contributed by atoms with van der Waals surface area (Å²) in [6, 6.07) is 7.46. The van der Waals surface area contributed by atoms with Gasteiger partial charge in [-0.05, 0) is 0 Å². The van der Waals surface area contributed by atoms with E-state index in [-0.39, 0.29) is 16.2 Å². The monoisotopic (exact) mass is 275 g/mol. The quantitative estimate of drug-likeness (QED) is 0.650. The van der Waals surface area contributed by atoms with E-state index in [2.05, 4.69) is 4.98 Å². The first-order valence-corrected chi connectivity index (χ1v) is 6.47. The van der Waals surface area contributed by atoms with Crippen molar-refractivity contribution in [2.24, 2.45) is 0 Å². The third kappa shape index (κ3) is 1.77. The molecular weight excluding hydrogens is 262 g/mol. The van der Waals surface area contributed by atoms with Crippen LogP contribution in [0.15, 0.2) is 28.7 Å². The average Bonchev–Trinajstić information content (AvgIpc) is 2.81. The Balaban J connectivity index is 2.51. The first-order chi connectivity index (χ1) is 8.89. The van der Waals surface area contributed by atoms with Crippen molar-refractivity contribution in [3.63, 3.8) is 0 Å². The molecule has 3 aromatic rings. The van der Waals surface area contributed by atoms with Crippen LogP contribution in [0.5, 0.6) is 5.75 Å². The summed E-state index contributed by atoms with van der Waals surface area (Å²) < 4.78 is 5.87. The van der Waals surface area contributed by atoms with Crippen molar-refractivity contribution in [2.45, 2.75) is 26.2 Å². The molecule has 4 heteroatoms. The molecule has 0 aliphatic carbocycles. The minimum atomic E-state index is -0.209. The van der Waals surface area contributed by atoms with Gasteiger partial charge in [-0.1, -0.05) is 56.6 Å². The van der Waals surface area contributed by atoms with Crippen molar-refractivity contribution in [2.75, 3.05) is 0 Å². The highest BCUT2D eigenvalue weighted by atomic mass is 35.5. The van der Waals surface area contributed by atoms with Gasteiger partial charge in [0.15, 0.2) is 5.58 Å². The fourth-order valence-corrected chi connectivity index (χ4v) is 2.32. The van der Waals surface area contributed by atoms with Crippen molar-refractivity contribution in [1.29, 1.82) is 0 Å². The Labute approximate surface area is 115 Å². The Morgan fingerprint density at radius 2 is 1.79 bits per heavy atom. The van der Waals surface area contributed by atoms with Crippen LogP contribution in [0.4, 0.5) is 0 Å². The van der Waals surface area contributed by atoms with Crippen molar-refractivity contribution in [1.82, 2.24) is 4.98 Å². The largest absolute Gasteiger partial charge is 0.506 e. The molecule has 0 amide bonds. The van der Waals surface area contributed by atoms with E-state index in [1.54, 1.807) is 0 Å². The zero-order valence-corrected chi connectivity index (χ0v) is 11.7. The highest BCUT2D eigenvalue weighted by molar-refractivity contribution is 6.38. The lowest BCUT2D eigenvalue weighted by Crippen LogP contribution is -2.10. The molecule has 0 aliphatic rings. The highest BCUT2D eigenvalue weighted by Crippen LogP contribution is 2.41. The molecule has 19 heavy (non-hydrogen) atoms. The van der Waals surface area contributed by atoms with E-state index < -0.39 is 0 Å². The topological polar surface area (TPSA) is 46.3 Å². The summed E-state index contributed by atoms with van der Waals surface area (Å²) >= 11 is 6.20. The fourth-order valence-electron chi connectivity index (χ4n) is 2.09. The van der Waals surface area contributed by atoms with Gasteiger partial charge in [0.2, 0.25) is 5.89 Å². The summed E-state index contributed by atoms with van der Waals surface area (Å²) in [5.74, 6) is 0.665. The Bertz CT molecular complexity index is 784. The molecule has 1 heterocycles. The minimum Gasteiger partial charge on any atom is -0.506 e. The van der Waals surface area contributed by atoms with Crippen LogP contribution < -0.4 is 0 Å². The number of fused-ring (bicyclic) bond motifs is 3. The fraction of sp³-hybridized carbons (Fsp3) is 0.267. The van der Waals surface area contributed by atoms with Crippen molar-refractivity contribution >= 4 is 33.5 Å². The second kappa shape index (κ2) is 3.87. The average molecular weight is 276 g/mol. The van der Waals surface area contributed by atoms with Crippen LogP contribution in [0.2, 0.25) is 5.02 Å². The summed E-state index contributed by atoms with van der Waals surface area (Å²) in [6.45, 7) is 6.06. The summed E-state index contributed by atoms with van der Waals surface area (Å²) in [5, 5.41) is 11.9. The summed E-state index contributed by atoms with van der Waals surface area (Å²) in [7, 11) is 0. The van der Waals surface area contributed by atoms with Crippen LogP contribution in [-0.4, -0.2) is 10.1 Å². The number of hydrogen-bond donors (Lipinski definition) is 1. The molecule has 1 N–H and O–H groups in total. The number of rotatable bonds is 0. The zero-order chi connectivity index (χ0) is 13.8. The lowest BCUT2D eigenvalue weighted by Gasteiger charge is -2.11. The van der Waals surface area contributed by atoms with Crippen LogP contribution in [-0.2, 0) is 5.41 Å². The van der Waals surface area contributed by atoms with Crippen molar-refractivity contribution < 1.29 is 9.52 Å². The predicted octanol–water partition coefficient (Wildman–Crippen LogP) is 4.64. The number of benzene rings is 2. The number of aromatic nitrogens is 1. The van der Waals surface area contributed by atoms with Gasteiger partial charge in [0, 0.05) is 16.2 Å². The van der Waals surface area contributed by atoms with Gasteiger partial charge in [-0.25, -0.2) is 4.98 Å². The molecule has 0 saturated heterocycles. The molecule has 3 rings (SSSR count). The molecule has 0 bridgehead atoms. The van der Waals surface area contributed by atoms with Crippen molar-refractivity contribution in [3.05, 3.63) is 35.2 Å². The lowest BCUT2D eigenvalue weighted by atomic mass is 9.97. The minimum absolute atomic E-state index is 0.0542. The number of phenolic OH excluding ortho intramolecular Hbond substituents is 1. The highest BCUT2D eigenvalue weighted by Gasteiger charge is 2.24. The summed E-state index contributed by atoms with van der Waals surface area (Å²) in [5.41, 5.74) is 0.935. The second-order valence-corrected chi connectivity index (χ2v) is 6.03. The van der Waals surface area contributed by atoms with Gasteiger partial charge in [-0.15, -0.1) is 0 Å². The Morgan fingerprint density at radius 1 is 1.16 bits per heavy atom. The third-order valence-corrected chi connectivity index (χ3v) is 3.47. The molecule has 0 unspecified atom stereocenters. The molecule has 0 radical (unpaired) electrons. The first-order valence-electron chi connectivity index (χ1n) is 6.10. The van der Waals surface area contributed by atoms with Crippen LogP contribution in [0.1, 0.15) is 26.7 Å². The molecule has 0 aliphatic heterocycles. The van der Waals surface area contributed by atoms with Gasteiger partial charge < -0.3 is 9.52 Å². The van der Waals surface area contributed by atoms with E-state index in [1.807, 2.05) is 45.0 Å². The molecule has 0 fully saturated rings. The van der Waals surface area contributed by atoms with E-state index in [9.17, 15) is 5.11 Å². The maximum atomic E-state index is 10.2. The van der Waals surface area contributed by atoms with Crippen LogP contribution in [0.3, 0.4) is 0 Å². The number of nitrogens with zero attached hydrogens (tertiary/aromatic N) is 1. The Kier molecular flexibility index (Phi) is 2.51. The summed E-state index contributed by atoms with van der Waals surface area (Å²) in [4.78, 5) is 4.44. The number of aromatic hydroxyl groups is 1. The third-order valence-electron chi connectivity index (χ3n) is 3.11. The van der Waals surface area contributed by atoms with E-state index in [1.165, 1.54) is 0 Å². The molecule has 98 valence electrons. The second-order valence-electron chi connectivity index (χ2n) is 5.65. The molecular formula is C15H14ClNO2. The maximum Gasteiger partial charge on any atom is 0.200 e. The molecule has 0 spiro atoms. The van der Waals surface area contributed by atoms with E-state index in [0.717, 1.165) is 5.39 Å². The van der Waals surface area contributed by atoms with Crippen LogP contribution in [0.25, 0.3) is 21.9 Å². The number of oxazole rings is 1. The SMILES string of the molecule is CC(C)(C)c1nc2c(Cl)c(O)c3ccccc3c2o1. The summed E-state index contributed by atoms with van der Waals surface area (Å²) in [6.07, 6.45) is 0. The van der Waals surface area contributed by atoms with Gasteiger partial charge in [0.05, 0.1) is 0 Å². The molecule has 0 saturated carbocycles. The molecule has 1 aromatic heterocycles. The van der Waals surface area contributed by atoms with Crippen LogP contribution in [0, 0.1) is 0 Å². The Morgan fingerprint density at radius 3 is 2.42 bits per heavy atom. The van der Waals surface area contributed by atoms with Crippen LogP contribution >= 0.6 is 11.6 Å². The van der Waals surface area contributed by atoms with Crippen molar-refractivity contribution in [3.8, 4) is 5.75 Å². The zero-order valence-electron chi connectivity index (χ0n) is 11.0. The van der Waals surface area contributed by atoms with E-state index in [4.69, 9.17) is 16.0 Å². The van der Waals surface area contributed by atoms with Gasteiger partial charge in [-0.3, -0.25) is 0 Å². The van der Waals surface area contributed by atoms with Gasteiger partial charge >= 0.3 is 0 Å². The number of hydrogen-bond acceptors (Lipinski definition) is 3. The maximum absolute atomic E-state index is 10.2. The molecule has 2 aromatic carbocycles. The number of phenols is 1. The van der Waals surface area contributed by atoms with Gasteiger partial charge in [0.25, 0.3) is 0 Å². The number of halogens is 1. The van der Waals surface area contributed by atoms with Gasteiger partial charge in [0.1, 0.15) is 16.3 Å². The smallest absolute Gasteiger partial charge is 0.200 e.